The third kappa shape index (κ3) is 1.25. The van der Waals surface area contributed by atoms with Gasteiger partial charge in [-0.15, -0.1) is 0 Å². The summed E-state index contributed by atoms with van der Waals surface area (Å²) in [6, 6.07) is -1.32. The molecule has 0 spiro atoms. The van der Waals surface area contributed by atoms with Gasteiger partial charge in [0.25, 0.3) is 5.91 Å². The number of nitrogens with zero attached hydrogens (tertiary/aromatic N) is 2. The molecule has 1 heterocycles. The summed E-state index contributed by atoms with van der Waals surface area (Å²) in [5.74, 6) is -0.505. The minimum absolute atomic E-state index is 0.0392. The van der Waals surface area contributed by atoms with Crippen molar-refractivity contribution in [1.29, 1.82) is 0 Å². The highest BCUT2D eigenvalue weighted by molar-refractivity contribution is 6.38. The van der Waals surface area contributed by atoms with Crippen molar-refractivity contribution in [3.8, 4) is 0 Å². The fourth-order valence-corrected chi connectivity index (χ4v) is 1.66. The highest BCUT2D eigenvalue weighted by Gasteiger charge is 2.45. The van der Waals surface area contributed by atoms with Crippen LogP contribution in [-0.2, 0) is 4.79 Å². The van der Waals surface area contributed by atoms with Crippen molar-refractivity contribution < 1.29 is 9.59 Å². The molecule has 1 unspecified atom stereocenters. The van der Waals surface area contributed by atoms with Crippen LogP contribution >= 0.6 is 23.6 Å². The van der Waals surface area contributed by atoms with E-state index in [0.29, 0.717) is 4.42 Å². The average Bonchev–Trinajstić information content (AvgIpc) is 2.16. The topological polar surface area (TPSA) is 40.6 Å². The van der Waals surface area contributed by atoms with Crippen LogP contribution in [0.4, 0.5) is 4.79 Å². The van der Waals surface area contributed by atoms with Crippen LogP contribution in [-0.4, -0.2) is 26.8 Å². The predicted octanol–water partition coefficient (Wildman–Crippen LogP) is 1.58. The summed E-state index contributed by atoms with van der Waals surface area (Å²) < 4.78 is 1.34. The molecule has 0 aromatic carbocycles. The minimum atomic E-state index is -0.679. The first-order valence-corrected chi connectivity index (χ1v) is 4.13. The van der Waals surface area contributed by atoms with Gasteiger partial charge in [-0.1, -0.05) is 13.8 Å². The largest absolute Gasteiger partial charge is 0.357 e. The van der Waals surface area contributed by atoms with Crippen molar-refractivity contribution in [2.24, 2.45) is 5.92 Å². The lowest BCUT2D eigenvalue weighted by atomic mass is 10.1. The fourth-order valence-electron chi connectivity index (χ4n) is 1.06. The Bertz CT molecular complexity index is 232. The Balaban J connectivity index is 2.91. The standard InChI is InChI=1S/C6H8Cl2N2O2/c1-3(2)4-5(11)10(8)6(12)9(4)7/h3-4H,1-2H3. The van der Waals surface area contributed by atoms with Gasteiger partial charge in [0, 0.05) is 23.6 Å². The summed E-state index contributed by atoms with van der Waals surface area (Å²) in [7, 11) is 0. The number of hydrogen-bond acceptors (Lipinski definition) is 2. The second-order valence-corrected chi connectivity index (χ2v) is 3.60. The van der Waals surface area contributed by atoms with Crippen LogP contribution in [0.5, 0.6) is 0 Å². The quantitative estimate of drug-likeness (QED) is 0.488. The Morgan fingerprint density at radius 2 is 1.83 bits per heavy atom. The van der Waals surface area contributed by atoms with E-state index in [9.17, 15) is 9.59 Å². The van der Waals surface area contributed by atoms with Crippen molar-refractivity contribution in [2.75, 3.05) is 0 Å². The van der Waals surface area contributed by atoms with Crippen LogP contribution < -0.4 is 0 Å². The molecule has 1 aliphatic rings. The number of imide groups is 1. The molecule has 12 heavy (non-hydrogen) atoms. The maximum Gasteiger partial charge on any atom is 0.357 e. The Morgan fingerprint density at radius 3 is 2.00 bits per heavy atom. The second kappa shape index (κ2) is 3.11. The number of urea groups is 1. The summed E-state index contributed by atoms with van der Waals surface area (Å²) in [6.07, 6.45) is 0. The number of halogens is 2. The summed E-state index contributed by atoms with van der Waals surface area (Å²) >= 11 is 10.9. The molecule has 0 aromatic rings. The Labute approximate surface area is 80.2 Å². The van der Waals surface area contributed by atoms with E-state index in [0.717, 1.165) is 4.42 Å². The molecule has 1 rings (SSSR count). The van der Waals surface area contributed by atoms with E-state index in [2.05, 4.69) is 0 Å². The first-order valence-electron chi connectivity index (χ1n) is 3.45. The van der Waals surface area contributed by atoms with E-state index in [1.807, 2.05) is 0 Å². The molecule has 6 heteroatoms. The van der Waals surface area contributed by atoms with Crippen molar-refractivity contribution >= 4 is 35.5 Å². The molecule has 0 N–H and O–H groups in total. The first kappa shape index (κ1) is 9.61. The minimum Gasteiger partial charge on any atom is -0.271 e. The molecule has 4 nitrogen and oxygen atoms in total. The molecule has 1 atom stereocenters. The zero-order valence-corrected chi connectivity index (χ0v) is 8.13. The molecule has 0 bridgehead atoms. The van der Waals surface area contributed by atoms with Crippen LogP contribution in [0.2, 0.25) is 0 Å². The number of rotatable bonds is 1. The predicted molar refractivity (Wildman–Crippen MR) is 44.4 cm³/mol. The lowest BCUT2D eigenvalue weighted by Crippen LogP contribution is -2.32. The molecule has 0 radical (unpaired) electrons. The van der Waals surface area contributed by atoms with Gasteiger partial charge in [-0.05, 0) is 5.92 Å². The molecular weight excluding hydrogens is 203 g/mol. The summed E-state index contributed by atoms with van der Waals surface area (Å²) in [5.41, 5.74) is 0. The SMILES string of the molecule is CC(C)C1C(=O)N(Cl)C(=O)N1Cl. The van der Waals surface area contributed by atoms with Gasteiger partial charge in [0.15, 0.2) is 0 Å². The van der Waals surface area contributed by atoms with Gasteiger partial charge in [0.1, 0.15) is 6.04 Å². The average molecular weight is 211 g/mol. The third-order valence-corrected chi connectivity index (χ3v) is 2.34. The lowest BCUT2D eigenvalue weighted by molar-refractivity contribution is -0.125. The maximum atomic E-state index is 11.2. The zero-order valence-electron chi connectivity index (χ0n) is 6.62. The van der Waals surface area contributed by atoms with Gasteiger partial charge < -0.3 is 0 Å². The molecule has 1 fully saturated rings. The van der Waals surface area contributed by atoms with E-state index in [-0.39, 0.29) is 5.92 Å². The van der Waals surface area contributed by atoms with Gasteiger partial charge in [-0.3, -0.25) is 4.79 Å². The zero-order chi connectivity index (χ0) is 9.46. The third-order valence-electron chi connectivity index (χ3n) is 1.67. The number of amides is 3. The van der Waals surface area contributed by atoms with Gasteiger partial charge in [-0.25, -0.2) is 9.21 Å². The molecule has 0 aromatic heterocycles. The van der Waals surface area contributed by atoms with Crippen LogP contribution in [0.15, 0.2) is 0 Å². The fraction of sp³-hybridized carbons (Fsp3) is 0.667. The van der Waals surface area contributed by atoms with E-state index < -0.39 is 18.0 Å². The maximum absolute atomic E-state index is 11.2. The monoisotopic (exact) mass is 210 g/mol. The highest BCUT2D eigenvalue weighted by Crippen LogP contribution is 2.26. The Hall–Kier alpha value is -0.480. The molecule has 1 aliphatic heterocycles. The normalized spacial score (nSPS) is 24.6. The van der Waals surface area contributed by atoms with Crippen molar-refractivity contribution in [2.45, 2.75) is 19.9 Å². The molecule has 1 saturated heterocycles. The van der Waals surface area contributed by atoms with E-state index in [4.69, 9.17) is 23.6 Å². The number of carbonyl (C=O) groups is 2. The van der Waals surface area contributed by atoms with E-state index >= 15 is 0 Å². The summed E-state index contributed by atoms with van der Waals surface area (Å²) in [4.78, 5) is 22.2. The van der Waals surface area contributed by atoms with Crippen LogP contribution in [0.25, 0.3) is 0 Å². The number of hydrogen-bond donors (Lipinski definition) is 0. The summed E-state index contributed by atoms with van der Waals surface area (Å²) in [6.45, 7) is 3.59. The van der Waals surface area contributed by atoms with Crippen molar-refractivity contribution in [1.82, 2.24) is 8.84 Å². The van der Waals surface area contributed by atoms with Gasteiger partial charge in [0.2, 0.25) is 0 Å². The first-order chi connectivity index (χ1) is 5.46. The van der Waals surface area contributed by atoms with E-state index in [1.54, 1.807) is 13.8 Å². The van der Waals surface area contributed by atoms with Crippen molar-refractivity contribution in [3.63, 3.8) is 0 Å². The number of carbonyl (C=O) groups excluding carboxylic acids is 2. The van der Waals surface area contributed by atoms with E-state index in [1.165, 1.54) is 0 Å². The second-order valence-electron chi connectivity index (χ2n) is 2.90. The molecule has 3 amide bonds. The van der Waals surface area contributed by atoms with Crippen LogP contribution in [0.3, 0.4) is 0 Å². The van der Waals surface area contributed by atoms with Crippen LogP contribution in [0.1, 0.15) is 13.8 Å². The van der Waals surface area contributed by atoms with Gasteiger partial charge in [-0.2, -0.15) is 4.42 Å². The Kier molecular flexibility index (Phi) is 2.49. The molecule has 0 aliphatic carbocycles. The molecular formula is C6H8Cl2N2O2. The van der Waals surface area contributed by atoms with Gasteiger partial charge >= 0.3 is 6.03 Å². The smallest absolute Gasteiger partial charge is 0.271 e. The highest BCUT2D eigenvalue weighted by atomic mass is 35.5. The molecule has 68 valence electrons. The molecule has 0 saturated carbocycles. The van der Waals surface area contributed by atoms with Crippen molar-refractivity contribution in [3.05, 3.63) is 0 Å². The lowest BCUT2D eigenvalue weighted by Gasteiger charge is -2.15. The van der Waals surface area contributed by atoms with Gasteiger partial charge in [0.05, 0.1) is 0 Å². The van der Waals surface area contributed by atoms with Crippen LogP contribution in [0, 0.1) is 5.92 Å². The Morgan fingerprint density at radius 1 is 1.33 bits per heavy atom. The summed E-state index contributed by atoms with van der Waals surface area (Å²) in [5, 5.41) is 0.